The van der Waals surface area contributed by atoms with Gasteiger partial charge in [0.05, 0.1) is 44.0 Å². The fourth-order valence-corrected chi connectivity index (χ4v) is 7.33. The lowest BCUT2D eigenvalue weighted by Crippen LogP contribution is -2.21. The van der Waals surface area contributed by atoms with Crippen molar-refractivity contribution >= 4 is 97.4 Å². The summed E-state index contributed by atoms with van der Waals surface area (Å²) < 4.78 is 65.2. The van der Waals surface area contributed by atoms with E-state index in [1.165, 1.54) is 12.1 Å². The summed E-state index contributed by atoms with van der Waals surface area (Å²) >= 11 is 19.2. The van der Waals surface area contributed by atoms with Crippen molar-refractivity contribution in [3.05, 3.63) is 136 Å². The van der Waals surface area contributed by atoms with E-state index in [1.807, 2.05) is 22.6 Å². The zero-order valence-corrected chi connectivity index (χ0v) is 31.7. The number of benzene rings is 4. The van der Waals surface area contributed by atoms with Crippen LogP contribution in [0.4, 0.5) is 29.5 Å². The van der Waals surface area contributed by atoms with Gasteiger partial charge in [-0.2, -0.15) is 0 Å². The first-order valence-electron chi connectivity index (χ1n) is 14.6. The van der Waals surface area contributed by atoms with Crippen LogP contribution in [0, 0.1) is 26.8 Å². The summed E-state index contributed by atoms with van der Waals surface area (Å²) in [4.78, 5) is 10.8. The Morgan fingerprint density at radius 3 is 1.55 bits per heavy atom. The van der Waals surface area contributed by atoms with Gasteiger partial charge in [0, 0.05) is 26.2 Å². The smallest absolute Gasteiger partial charge is 0.238 e. The fourth-order valence-electron chi connectivity index (χ4n) is 6.05. The SMILES string of the molecule is CN(c1nnc2n1-c1ccc(Br)c(Cl)c1C(c1c(F)cccc1F)=NC2)c1nnc2n1-c1ccc(I)c(Cl)c1C(c1c(F)cccc1F)=NC2.Cl. The Balaban J connectivity index is 0.00000406. The molecular formula is C33H18BrCl3F4IN9. The van der Waals surface area contributed by atoms with Crippen molar-refractivity contribution in [3.63, 3.8) is 0 Å². The molecular weight excluding hydrogens is 912 g/mol. The predicted octanol–water partition coefficient (Wildman–Crippen LogP) is 8.97. The molecule has 2 aromatic heterocycles. The number of fused-ring (bicyclic) bond motifs is 6. The summed E-state index contributed by atoms with van der Waals surface area (Å²) in [5.74, 6) is -2.07. The minimum atomic E-state index is -0.809. The highest BCUT2D eigenvalue weighted by molar-refractivity contribution is 14.1. The van der Waals surface area contributed by atoms with Crippen molar-refractivity contribution in [2.75, 3.05) is 11.9 Å². The molecule has 4 aromatic carbocycles. The van der Waals surface area contributed by atoms with Gasteiger partial charge in [0.15, 0.2) is 11.6 Å². The summed E-state index contributed by atoms with van der Waals surface area (Å²) in [6.07, 6.45) is 0. The molecule has 258 valence electrons. The second-order valence-electron chi connectivity index (χ2n) is 11.1. The van der Waals surface area contributed by atoms with E-state index in [9.17, 15) is 0 Å². The minimum Gasteiger partial charge on any atom is -0.281 e. The number of nitrogens with zero attached hydrogens (tertiary/aromatic N) is 9. The first-order chi connectivity index (χ1) is 24.1. The van der Waals surface area contributed by atoms with Crippen LogP contribution in [-0.2, 0) is 13.1 Å². The van der Waals surface area contributed by atoms with E-state index in [1.54, 1.807) is 45.3 Å². The Morgan fingerprint density at radius 1 is 0.647 bits per heavy atom. The molecule has 0 N–H and O–H groups in total. The Morgan fingerprint density at radius 2 is 1.08 bits per heavy atom. The Hall–Kier alpha value is -3.90. The van der Waals surface area contributed by atoms with Crippen LogP contribution >= 0.6 is 74.1 Å². The third kappa shape index (κ3) is 5.64. The number of hydrogen-bond donors (Lipinski definition) is 0. The Labute approximate surface area is 324 Å². The van der Waals surface area contributed by atoms with Gasteiger partial charge in [0.25, 0.3) is 0 Å². The van der Waals surface area contributed by atoms with Crippen LogP contribution in [0.3, 0.4) is 0 Å². The van der Waals surface area contributed by atoms with Crippen molar-refractivity contribution in [1.82, 2.24) is 29.5 Å². The van der Waals surface area contributed by atoms with Crippen molar-refractivity contribution < 1.29 is 17.6 Å². The first-order valence-corrected chi connectivity index (χ1v) is 17.3. The number of anilines is 2. The van der Waals surface area contributed by atoms with Crippen molar-refractivity contribution in [1.29, 1.82) is 0 Å². The lowest BCUT2D eigenvalue weighted by molar-refractivity contribution is 0.578. The lowest BCUT2D eigenvalue weighted by atomic mass is 9.99. The molecule has 0 fully saturated rings. The molecule has 9 nitrogen and oxygen atoms in total. The van der Waals surface area contributed by atoms with Crippen LogP contribution in [0.15, 0.2) is 75.1 Å². The Kier molecular flexibility index (Phi) is 9.45. The molecule has 4 heterocycles. The largest absolute Gasteiger partial charge is 0.281 e. The number of halogens is 9. The lowest BCUT2D eigenvalue weighted by Gasteiger charge is -2.22. The van der Waals surface area contributed by atoms with Gasteiger partial charge >= 0.3 is 0 Å². The van der Waals surface area contributed by atoms with Gasteiger partial charge < -0.3 is 0 Å². The normalized spacial score (nSPS) is 13.1. The average molecular weight is 930 g/mol. The Bertz CT molecular complexity index is 2280. The van der Waals surface area contributed by atoms with Gasteiger partial charge in [-0.05, 0) is 87.1 Å². The van der Waals surface area contributed by atoms with Gasteiger partial charge in [0.1, 0.15) is 36.4 Å². The molecule has 0 bridgehead atoms. The van der Waals surface area contributed by atoms with Gasteiger partial charge in [-0.15, -0.1) is 32.8 Å². The fraction of sp³-hybridized carbons (Fsp3) is 0.0909. The molecule has 0 atom stereocenters. The highest BCUT2D eigenvalue weighted by atomic mass is 127. The quantitative estimate of drug-likeness (QED) is 0.130. The van der Waals surface area contributed by atoms with E-state index in [-0.39, 0.29) is 81.1 Å². The van der Waals surface area contributed by atoms with Crippen LogP contribution in [-0.4, -0.2) is 48.0 Å². The molecule has 0 unspecified atom stereocenters. The first kappa shape index (κ1) is 35.5. The zero-order chi connectivity index (χ0) is 35.0. The molecule has 0 amide bonds. The summed E-state index contributed by atoms with van der Waals surface area (Å²) in [5, 5.41) is 18.1. The maximum absolute atomic E-state index is 15.2. The predicted molar refractivity (Wildman–Crippen MR) is 200 cm³/mol. The second kappa shape index (κ2) is 13.6. The van der Waals surface area contributed by atoms with Crippen LogP contribution in [0.1, 0.15) is 33.9 Å². The van der Waals surface area contributed by atoms with Gasteiger partial charge in [-0.3, -0.25) is 24.0 Å². The molecule has 6 aromatic rings. The van der Waals surface area contributed by atoms with E-state index >= 15 is 17.6 Å². The monoisotopic (exact) mass is 927 g/mol. The molecule has 0 radical (unpaired) electrons. The molecule has 0 spiro atoms. The number of aliphatic imine (C=N–C) groups is 2. The number of hydrogen-bond acceptors (Lipinski definition) is 7. The van der Waals surface area contributed by atoms with Gasteiger partial charge in [-0.1, -0.05) is 35.3 Å². The van der Waals surface area contributed by atoms with Crippen molar-refractivity contribution in [2.45, 2.75) is 13.1 Å². The van der Waals surface area contributed by atoms with Crippen LogP contribution in [0.25, 0.3) is 11.4 Å². The average Bonchev–Trinajstić information content (AvgIpc) is 3.62. The van der Waals surface area contributed by atoms with Crippen LogP contribution in [0.5, 0.6) is 0 Å². The molecule has 0 saturated carbocycles. The van der Waals surface area contributed by atoms with E-state index in [0.717, 1.165) is 24.3 Å². The van der Waals surface area contributed by atoms with Gasteiger partial charge in [0.2, 0.25) is 11.9 Å². The highest BCUT2D eigenvalue weighted by Crippen LogP contribution is 2.40. The molecule has 2 aliphatic rings. The standard InChI is InChI=1S/C33H17BrCl2F4IN9.ClH/c1-48(32-46-44-22-12-42-30(24-15(37)4-2-5-16(24)38)26-20(49(22)32)10-8-14(34)28(26)35)33-47-45-23-13-43-31(25-17(39)6-3-7-18(25)40)27-21(50(23)33)11-9-19(41)29(27)36;/h2-11H,12-13H2,1H3;1H. The topological polar surface area (TPSA) is 89.4 Å². The van der Waals surface area contributed by atoms with Crippen molar-refractivity contribution in [2.24, 2.45) is 9.98 Å². The van der Waals surface area contributed by atoms with Crippen molar-refractivity contribution in [3.8, 4) is 11.4 Å². The maximum atomic E-state index is 15.2. The summed E-state index contributed by atoms with van der Waals surface area (Å²) in [5.41, 5.74) is 0.700. The minimum absolute atomic E-state index is 0. The summed E-state index contributed by atoms with van der Waals surface area (Å²) in [6.45, 7) is -0.200. The molecule has 8 rings (SSSR count). The third-order valence-corrected chi connectivity index (χ3v) is 11.2. The molecule has 2 aliphatic heterocycles. The van der Waals surface area contributed by atoms with Crippen LogP contribution < -0.4 is 4.90 Å². The van der Waals surface area contributed by atoms with Gasteiger partial charge in [-0.25, -0.2) is 17.6 Å². The molecule has 18 heteroatoms. The van der Waals surface area contributed by atoms with E-state index in [4.69, 9.17) is 23.2 Å². The summed E-state index contributed by atoms with van der Waals surface area (Å²) in [6, 6.07) is 14.1. The molecule has 51 heavy (non-hydrogen) atoms. The molecule has 0 saturated heterocycles. The van der Waals surface area contributed by atoms with Crippen LogP contribution in [0.2, 0.25) is 10.0 Å². The highest BCUT2D eigenvalue weighted by Gasteiger charge is 2.34. The van der Waals surface area contributed by atoms with E-state index < -0.39 is 23.3 Å². The van der Waals surface area contributed by atoms with E-state index in [0.29, 0.717) is 31.1 Å². The maximum Gasteiger partial charge on any atom is 0.238 e. The third-order valence-electron chi connectivity index (χ3n) is 8.28. The number of rotatable bonds is 4. The van der Waals surface area contributed by atoms with E-state index in [2.05, 4.69) is 46.3 Å². The molecule has 0 aliphatic carbocycles. The second-order valence-corrected chi connectivity index (χ2v) is 13.9. The summed E-state index contributed by atoms with van der Waals surface area (Å²) in [7, 11) is 1.68. The zero-order valence-electron chi connectivity index (χ0n) is 25.6. The number of aromatic nitrogens is 6.